The lowest BCUT2D eigenvalue weighted by atomic mass is 10.1. The molecule has 1 aliphatic heterocycles. The van der Waals surface area contributed by atoms with Crippen molar-refractivity contribution in [3.05, 3.63) is 71.3 Å². The first kappa shape index (κ1) is 19.5. The summed E-state index contributed by atoms with van der Waals surface area (Å²) in [6, 6.07) is 14.1. The van der Waals surface area contributed by atoms with Gasteiger partial charge >= 0.3 is 0 Å². The summed E-state index contributed by atoms with van der Waals surface area (Å²) >= 11 is 1.39. The van der Waals surface area contributed by atoms with E-state index in [9.17, 15) is 4.79 Å². The van der Waals surface area contributed by atoms with Crippen LogP contribution in [0.15, 0.2) is 48.7 Å². The third kappa shape index (κ3) is 4.98. The second-order valence-corrected chi connectivity index (χ2v) is 8.10. The Morgan fingerprint density at radius 1 is 1.24 bits per heavy atom. The largest absolute Gasteiger partial charge is 0.354 e. The predicted molar refractivity (Wildman–Crippen MR) is 115 cm³/mol. The molecule has 2 aromatic heterocycles. The summed E-state index contributed by atoms with van der Waals surface area (Å²) in [5, 5.41) is 3.90. The van der Waals surface area contributed by atoms with Crippen molar-refractivity contribution >= 4 is 22.6 Å². The molecule has 3 heterocycles. The van der Waals surface area contributed by atoms with Gasteiger partial charge in [0.25, 0.3) is 0 Å². The Bertz CT molecular complexity index is 941. The van der Waals surface area contributed by atoms with Gasteiger partial charge in [-0.1, -0.05) is 35.9 Å². The molecule has 0 spiro atoms. The molecular weight excluding hydrogens is 382 g/mol. The van der Waals surface area contributed by atoms with E-state index >= 15 is 0 Å². The van der Waals surface area contributed by atoms with Gasteiger partial charge in [0.15, 0.2) is 0 Å². The Labute approximate surface area is 175 Å². The number of nitrogens with zero attached hydrogens (tertiary/aromatic N) is 4. The second-order valence-electron chi connectivity index (χ2n) is 7.37. The number of carbonyl (C=O) groups is 1. The topological polar surface area (TPSA) is 71.0 Å². The summed E-state index contributed by atoms with van der Waals surface area (Å²) < 4.78 is 4.52. The van der Waals surface area contributed by atoms with E-state index in [-0.39, 0.29) is 11.9 Å². The molecule has 4 rings (SSSR count). The van der Waals surface area contributed by atoms with Crippen molar-refractivity contribution in [3.63, 3.8) is 0 Å². The molecule has 1 amide bonds. The van der Waals surface area contributed by atoms with Gasteiger partial charge in [-0.25, -0.2) is 4.98 Å². The highest BCUT2D eigenvalue weighted by Crippen LogP contribution is 2.27. The first-order valence-electron chi connectivity index (χ1n) is 10.0. The highest BCUT2D eigenvalue weighted by Gasteiger charge is 2.32. The maximum absolute atomic E-state index is 12.7. The maximum Gasteiger partial charge on any atom is 0.242 e. The van der Waals surface area contributed by atoms with Gasteiger partial charge in [-0.05, 0) is 37.5 Å². The normalized spacial score (nSPS) is 16.2. The lowest BCUT2D eigenvalue weighted by Crippen LogP contribution is -2.44. The molecule has 0 aliphatic carbocycles. The fourth-order valence-electron chi connectivity index (χ4n) is 3.57. The van der Waals surface area contributed by atoms with E-state index < -0.39 is 0 Å². The molecule has 6 nitrogen and oxygen atoms in total. The molecule has 150 valence electrons. The van der Waals surface area contributed by atoms with E-state index in [0.717, 1.165) is 42.5 Å². The molecule has 1 saturated heterocycles. The van der Waals surface area contributed by atoms with Gasteiger partial charge in [0, 0.05) is 49.4 Å². The SMILES string of the molecule is Cc1ccc(Cc2nsc(N3CCCC3C(=O)NCCc3ccccn3)n2)cc1. The van der Waals surface area contributed by atoms with Crippen molar-refractivity contribution in [2.45, 2.75) is 38.6 Å². The van der Waals surface area contributed by atoms with Crippen molar-refractivity contribution in [1.82, 2.24) is 19.7 Å². The molecule has 1 fully saturated rings. The highest BCUT2D eigenvalue weighted by atomic mass is 32.1. The van der Waals surface area contributed by atoms with Crippen LogP contribution in [0.5, 0.6) is 0 Å². The quantitative estimate of drug-likeness (QED) is 0.651. The predicted octanol–water partition coefficient (Wildman–Crippen LogP) is 3.16. The molecule has 1 atom stereocenters. The molecular formula is C22H25N5OS. The third-order valence-corrected chi connectivity index (χ3v) is 5.94. The van der Waals surface area contributed by atoms with Crippen LogP contribution in [-0.4, -0.2) is 39.4 Å². The third-order valence-electron chi connectivity index (χ3n) is 5.15. The second kappa shape index (κ2) is 9.13. The molecule has 7 heteroatoms. The number of hydrogen-bond acceptors (Lipinski definition) is 6. The average Bonchev–Trinajstić information content (AvgIpc) is 3.40. The number of aryl methyl sites for hydroxylation is 1. The summed E-state index contributed by atoms with van der Waals surface area (Å²) in [5.41, 5.74) is 3.43. The summed E-state index contributed by atoms with van der Waals surface area (Å²) in [4.78, 5) is 23.8. The Hall–Kier alpha value is -2.80. The van der Waals surface area contributed by atoms with Crippen LogP contribution in [0.3, 0.4) is 0 Å². The molecule has 1 N–H and O–H groups in total. The Morgan fingerprint density at radius 3 is 2.90 bits per heavy atom. The average molecular weight is 408 g/mol. The maximum atomic E-state index is 12.7. The number of rotatable bonds is 7. The zero-order valence-corrected chi connectivity index (χ0v) is 17.4. The molecule has 0 radical (unpaired) electrons. The fourth-order valence-corrected chi connectivity index (χ4v) is 4.33. The van der Waals surface area contributed by atoms with Crippen LogP contribution in [0.2, 0.25) is 0 Å². The molecule has 1 unspecified atom stereocenters. The van der Waals surface area contributed by atoms with Crippen molar-refractivity contribution < 1.29 is 4.79 Å². The Balaban J connectivity index is 1.34. The Morgan fingerprint density at radius 2 is 2.10 bits per heavy atom. The number of nitrogens with one attached hydrogen (secondary N) is 1. The summed E-state index contributed by atoms with van der Waals surface area (Å²) in [6.45, 7) is 3.52. The van der Waals surface area contributed by atoms with Gasteiger partial charge in [-0.3, -0.25) is 9.78 Å². The van der Waals surface area contributed by atoms with Gasteiger partial charge in [-0.15, -0.1) is 0 Å². The fraction of sp³-hybridized carbons (Fsp3) is 0.364. The summed E-state index contributed by atoms with van der Waals surface area (Å²) in [5.74, 6) is 0.878. The van der Waals surface area contributed by atoms with Crippen LogP contribution >= 0.6 is 11.5 Å². The van der Waals surface area contributed by atoms with Crippen LogP contribution in [0.25, 0.3) is 0 Å². The van der Waals surface area contributed by atoms with Crippen molar-refractivity contribution in [1.29, 1.82) is 0 Å². The highest BCUT2D eigenvalue weighted by molar-refractivity contribution is 7.09. The number of pyridine rings is 1. The monoisotopic (exact) mass is 407 g/mol. The standard InChI is InChI=1S/C22H25N5OS/c1-16-7-9-17(10-8-16)15-20-25-22(29-26-20)27-14-4-6-19(27)21(28)24-13-11-18-5-2-3-12-23-18/h2-3,5,7-10,12,19H,4,6,11,13-15H2,1H3,(H,24,28). The zero-order valence-electron chi connectivity index (χ0n) is 16.5. The van der Waals surface area contributed by atoms with E-state index in [2.05, 4.69) is 50.8 Å². The molecule has 3 aromatic rings. The smallest absolute Gasteiger partial charge is 0.242 e. The molecule has 0 bridgehead atoms. The molecule has 1 aliphatic rings. The molecule has 29 heavy (non-hydrogen) atoms. The lowest BCUT2D eigenvalue weighted by Gasteiger charge is -2.22. The summed E-state index contributed by atoms with van der Waals surface area (Å²) in [7, 11) is 0. The van der Waals surface area contributed by atoms with E-state index in [1.54, 1.807) is 6.20 Å². The minimum atomic E-state index is -0.168. The number of carbonyl (C=O) groups excluding carboxylic acids is 1. The molecule has 1 aromatic carbocycles. The number of benzene rings is 1. The van der Waals surface area contributed by atoms with Gasteiger partial charge < -0.3 is 10.2 Å². The van der Waals surface area contributed by atoms with Crippen molar-refractivity contribution in [2.75, 3.05) is 18.0 Å². The van der Waals surface area contributed by atoms with Gasteiger partial charge in [-0.2, -0.15) is 4.37 Å². The van der Waals surface area contributed by atoms with Crippen LogP contribution in [0, 0.1) is 6.92 Å². The van der Waals surface area contributed by atoms with E-state index in [1.807, 2.05) is 18.2 Å². The number of aromatic nitrogens is 3. The number of hydrogen-bond donors (Lipinski definition) is 1. The Kier molecular flexibility index (Phi) is 6.14. The van der Waals surface area contributed by atoms with Crippen LogP contribution in [-0.2, 0) is 17.6 Å². The first-order valence-corrected chi connectivity index (χ1v) is 10.8. The number of anilines is 1. The van der Waals surface area contributed by atoms with Gasteiger partial charge in [0.1, 0.15) is 11.9 Å². The molecule has 0 saturated carbocycles. The zero-order chi connectivity index (χ0) is 20.1. The number of amides is 1. The van der Waals surface area contributed by atoms with Crippen molar-refractivity contribution in [2.24, 2.45) is 0 Å². The van der Waals surface area contributed by atoms with Gasteiger partial charge in [0.05, 0.1) is 0 Å². The minimum absolute atomic E-state index is 0.0636. The van der Waals surface area contributed by atoms with Crippen LogP contribution in [0.1, 0.15) is 35.5 Å². The first-order chi connectivity index (χ1) is 14.2. The van der Waals surface area contributed by atoms with Crippen LogP contribution in [0.4, 0.5) is 5.13 Å². The minimum Gasteiger partial charge on any atom is -0.354 e. The summed E-state index contributed by atoms with van der Waals surface area (Å²) in [6.07, 6.45) is 5.07. The van der Waals surface area contributed by atoms with E-state index in [4.69, 9.17) is 4.98 Å². The van der Waals surface area contributed by atoms with Gasteiger partial charge in [0.2, 0.25) is 11.0 Å². The van der Waals surface area contributed by atoms with Crippen LogP contribution < -0.4 is 10.2 Å². The van der Waals surface area contributed by atoms with E-state index in [1.165, 1.54) is 22.7 Å². The van der Waals surface area contributed by atoms with Crippen molar-refractivity contribution in [3.8, 4) is 0 Å². The lowest BCUT2D eigenvalue weighted by molar-refractivity contribution is -0.122. The van der Waals surface area contributed by atoms with E-state index in [0.29, 0.717) is 13.0 Å².